The lowest BCUT2D eigenvalue weighted by molar-refractivity contribution is -0.0662. The summed E-state index contributed by atoms with van der Waals surface area (Å²) in [5, 5.41) is 3.56. The highest BCUT2D eigenvalue weighted by atomic mass is 16.5. The molecule has 88 valence electrons. The molecule has 1 aromatic rings. The number of nitrogens with one attached hydrogen (secondary N) is 1. The van der Waals surface area contributed by atoms with Crippen molar-refractivity contribution in [2.75, 3.05) is 5.32 Å². The van der Waals surface area contributed by atoms with Gasteiger partial charge >= 0.3 is 0 Å². The van der Waals surface area contributed by atoms with E-state index in [9.17, 15) is 0 Å². The molecular formula is C14H21NO. The van der Waals surface area contributed by atoms with E-state index in [4.69, 9.17) is 4.74 Å². The highest BCUT2D eigenvalue weighted by Gasteiger charge is 2.45. The number of anilines is 1. The van der Waals surface area contributed by atoms with Gasteiger partial charge in [-0.1, -0.05) is 18.2 Å². The zero-order valence-electron chi connectivity index (χ0n) is 10.6. The standard InChI is InChI=1S/C14H21NO/c1-13(2)10-12(14(3,4)16-13)15-11-8-6-5-7-9-11/h5-9,12,15H,10H2,1-4H3. The monoisotopic (exact) mass is 219 g/mol. The third-order valence-electron chi connectivity index (χ3n) is 3.19. The van der Waals surface area contributed by atoms with Crippen LogP contribution in [0.2, 0.25) is 0 Å². The van der Waals surface area contributed by atoms with Crippen molar-refractivity contribution in [3.63, 3.8) is 0 Å². The Labute approximate surface area is 98.0 Å². The van der Waals surface area contributed by atoms with Crippen molar-refractivity contribution in [1.82, 2.24) is 0 Å². The Bertz CT molecular complexity index is 356. The molecule has 2 nitrogen and oxygen atoms in total. The van der Waals surface area contributed by atoms with Crippen molar-refractivity contribution < 1.29 is 4.74 Å². The van der Waals surface area contributed by atoms with Crippen molar-refractivity contribution in [3.8, 4) is 0 Å². The number of ether oxygens (including phenoxy) is 1. The third kappa shape index (κ3) is 2.38. The zero-order chi connectivity index (χ0) is 11.8. The first-order valence-corrected chi connectivity index (χ1v) is 5.91. The number of rotatable bonds is 2. The summed E-state index contributed by atoms with van der Waals surface area (Å²) < 4.78 is 6.06. The van der Waals surface area contributed by atoms with Crippen LogP contribution in [0.4, 0.5) is 5.69 Å². The molecule has 1 aromatic carbocycles. The van der Waals surface area contributed by atoms with Gasteiger partial charge in [-0.05, 0) is 46.2 Å². The number of hydrogen-bond acceptors (Lipinski definition) is 2. The van der Waals surface area contributed by atoms with Crippen LogP contribution in [0.5, 0.6) is 0 Å². The molecule has 0 aliphatic carbocycles. The molecule has 0 aromatic heterocycles. The summed E-state index contributed by atoms with van der Waals surface area (Å²) in [6.45, 7) is 8.62. The van der Waals surface area contributed by atoms with Crippen LogP contribution in [0, 0.1) is 0 Å². The summed E-state index contributed by atoms with van der Waals surface area (Å²) in [5.74, 6) is 0. The smallest absolute Gasteiger partial charge is 0.0834 e. The van der Waals surface area contributed by atoms with Gasteiger partial charge in [-0.15, -0.1) is 0 Å². The molecule has 1 heterocycles. The molecule has 16 heavy (non-hydrogen) atoms. The summed E-state index contributed by atoms with van der Waals surface area (Å²) in [6.07, 6.45) is 1.04. The zero-order valence-corrected chi connectivity index (χ0v) is 10.6. The Hall–Kier alpha value is -1.02. The molecule has 1 atom stereocenters. The minimum absolute atomic E-state index is 0.0318. The SMILES string of the molecule is CC1(C)CC(Nc2ccccc2)C(C)(C)O1. The molecule has 2 rings (SSSR count). The van der Waals surface area contributed by atoms with Gasteiger partial charge in [0.05, 0.1) is 17.2 Å². The van der Waals surface area contributed by atoms with Crippen LogP contribution >= 0.6 is 0 Å². The fraction of sp³-hybridized carbons (Fsp3) is 0.571. The van der Waals surface area contributed by atoms with Crippen LogP contribution in [0.25, 0.3) is 0 Å². The maximum absolute atomic E-state index is 6.06. The van der Waals surface area contributed by atoms with Crippen LogP contribution in [0.1, 0.15) is 34.1 Å². The van der Waals surface area contributed by atoms with Crippen LogP contribution in [0.15, 0.2) is 30.3 Å². The first-order chi connectivity index (χ1) is 7.39. The van der Waals surface area contributed by atoms with Gasteiger partial charge in [-0.2, -0.15) is 0 Å². The van der Waals surface area contributed by atoms with Crippen LogP contribution in [-0.2, 0) is 4.74 Å². The third-order valence-corrected chi connectivity index (χ3v) is 3.19. The molecule has 1 aliphatic rings. The van der Waals surface area contributed by atoms with Gasteiger partial charge < -0.3 is 10.1 Å². The first kappa shape index (κ1) is 11.5. The second-order valence-corrected chi connectivity index (χ2v) is 5.73. The van der Waals surface area contributed by atoms with Crippen molar-refractivity contribution >= 4 is 5.69 Å². The topological polar surface area (TPSA) is 21.3 Å². The summed E-state index contributed by atoms with van der Waals surface area (Å²) in [4.78, 5) is 0. The van der Waals surface area contributed by atoms with Crippen molar-refractivity contribution in [3.05, 3.63) is 30.3 Å². The van der Waals surface area contributed by atoms with Gasteiger partial charge in [-0.3, -0.25) is 0 Å². The van der Waals surface area contributed by atoms with E-state index in [1.165, 1.54) is 5.69 Å². The van der Waals surface area contributed by atoms with Crippen LogP contribution in [-0.4, -0.2) is 17.2 Å². The fourth-order valence-electron chi connectivity index (χ4n) is 2.52. The largest absolute Gasteiger partial charge is 0.379 e. The Balaban J connectivity index is 2.11. The Morgan fingerprint density at radius 1 is 1.12 bits per heavy atom. The van der Waals surface area contributed by atoms with E-state index in [1.807, 2.05) is 6.07 Å². The maximum atomic E-state index is 6.06. The van der Waals surface area contributed by atoms with E-state index in [-0.39, 0.29) is 11.2 Å². The Morgan fingerprint density at radius 2 is 1.75 bits per heavy atom. The average molecular weight is 219 g/mol. The lowest BCUT2D eigenvalue weighted by Crippen LogP contribution is -2.38. The molecule has 2 heteroatoms. The van der Waals surface area contributed by atoms with E-state index in [2.05, 4.69) is 57.3 Å². The van der Waals surface area contributed by atoms with Gasteiger partial charge in [0.25, 0.3) is 0 Å². The van der Waals surface area contributed by atoms with Gasteiger partial charge in [0.1, 0.15) is 0 Å². The van der Waals surface area contributed by atoms with Crippen LogP contribution in [0.3, 0.4) is 0 Å². The summed E-state index contributed by atoms with van der Waals surface area (Å²) in [6, 6.07) is 10.7. The predicted octanol–water partition coefficient (Wildman–Crippen LogP) is 3.44. The molecule has 1 saturated heterocycles. The second-order valence-electron chi connectivity index (χ2n) is 5.73. The minimum atomic E-state index is -0.112. The Kier molecular flexibility index (Phi) is 2.70. The molecule has 0 bridgehead atoms. The molecule has 1 aliphatic heterocycles. The molecule has 0 saturated carbocycles. The number of benzene rings is 1. The molecule has 1 unspecified atom stereocenters. The lowest BCUT2D eigenvalue weighted by Gasteiger charge is -2.28. The molecule has 0 radical (unpaired) electrons. The molecule has 1 N–H and O–H groups in total. The van der Waals surface area contributed by atoms with Crippen LogP contribution < -0.4 is 5.32 Å². The normalized spacial score (nSPS) is 26.6. The average Bonchev–Trinajstić information content (AvgIpc) is 2.36. The Morgan fingerprint density at radius 3 is 2.25 bits per heavy atom. The number of hydrogen-bond donors (Lipinski definition) is 1. The molecule has 0 amide bonds. The summed E-state index contributed by atoms with van der Waals surface area (Å²) in [5.41, 5.74) is 1.02. The first-order valence-electron chi connectivity index (χ1n) is 5.91. The highest BCUT2D eigenvalue weighted by molar-refractivity contribution is 5.44. The molecule has 0 spiro atoms. The van der Waals surface area contributed by atoms with Crippen molar-refractivity contribution in [2.24, 2.45) is 0 Å². The van der Waals surface area contributed by atoms with Gasteiger partial charge in [0, 0.05) is 5.69 Å². The minimum Gasteiger partial charge on any atom is -0.379 e. The van der Waals surface area contributed by atoms with E-state index in [1.54, 1.807) is 0 Å². The lowest BCUT2D eigenvalue weighted by atomic mass is 9.94. The quantitative estimate of drug-likeness (QED) is 0.822. The molecular weight excluding hydrogens is 198 g/mol. The van der Waals surface area contributed by atoms with E-state index in [0.717, 1.165) is 6.42 Å². The summed E-state index contributed by atoms with van der Waals surface area (Å²) >= 11 is 0. The summed E-state index contributed by atoms with van der Waals surface area (Å²) in [7, 11) is 0. The maximum Gasteiger partial charge on any atom is 0.0834 e. The second kappa shape index (κ2) is 3.77. The van der Waals surface area contributed by atoms with Gasteiger partial charge in [0.15, 0.2) is 0 Å². The van der Waals surface area contributed by atoms with Crippen molar-refractivity contribution in [2.45, 2.75) is 51.4 Å². The van der Waals surface area contributed by atoms with E-state index in [0.29, 0.717) is 6.04 Å². The van der Waals surface area contributed by atoms with E-state index >= 15 is 0 Å². The van der Waals surface area contributed by atoms with E-state index < -0.39 is 0 Å². The van der Waals surface area contributed by atoms with Gasteiger partial charge in [0.2, 0.25) is 0 Å². The number of para-hydroxylation sites is 1. The fourth-order valence-corrected chi connectivity index (χ4v) is 2.52. The van der Waals surface area contributed by atoms with Gasteiger partial charge in [-0.25, -0.2) is 0 Å². The predicted molar refractivity (Wildman–Crippen MR) is 67.7 cm³/mol. The van der Waals surface area contributed by atoms with Crippen molar-refractivity contribution in [1.29, 1.82) is 0 Å². The molecule has 1 fully saturated rings. The highest BCUT2D eigenvalue weighted by Crippen LogP contribution is 2.38.